The Morgan fingerprint density at radius 1 is 1.33 bits per heavy atom. The molecule has 0 spiro atoms. The van der Waals surface area contributed by atoms with Crippen LogP contribution in [0.25, 0.3) is 0 Å². The highest BCUT2D eigenvalue weighted by Crippen LogP contribution is 2.20. The lowest BCUT2D eigenvalue weighted by Crippen LogP contribution is -2.37. The van der Waals surface area contributed by atoms with E-state index in [0.717, 1.165) is 12.0 Å². The summed E-state index contributed by atoms with van der Waals surface area (Å²) < 4.78 is 54.6. The first-order valence-electron chi connectivity index (χ1n) is 6.63. The molecule has 1 aromatic rings. The molecule has 0 aliphatic heterocycles. The van der Waals surface area contributed by atoms with Crippen LogP contribution in [0.4, 0.5) is 17.6 Å². The molecule has 1 rings (SSSR count). The predicted octanol–water partition coefficient (Wildman–Crippen LogP) is 4.08. The van der Waals surface area contributed by atoms with Crippen LogP contribution in [-0.2, 0) is 11.2 Å². The second-order valence-electron chi connectivity index (χ2n) is 4.72. The van der Waals surface area contributed by atoms with Crippen molar-refractivity contribution >= 4 is 15.9 Å². The van der Waals surface area contributed by atoms with E-state index in [0.29, 0.717) is 17.4 Å². The van der Waals surface area contributed by atoms with E-state index in [1.165, 1.54) is 12.1 Å². The number of hydrogen-bond donors (Lipinski definition) is 1. The summed E-state index contributed by atoms with van der Waals surface area (Å²) in [6.07, 6.45) is -3.01. The molecule has 1 aromatic carbocycles. The van der Waals surface area contributed by atoms with Crippen LogP contribution in [0, 0.1) is 5.82 Å². The summed E-state index contributed by atoms with van der Waals surface area (Å²) in [6, 6.07) is 4.02. The smallest absolute Gasteiger partial charge is 0.370 e. The Kier molecular flexibility index (Phi) is 7.62. The minimum atomic E-state index is -4.33. The third-order valence-corrected chi connectivity index (χ3v) is 3.49. The average molecular weight is 372 g/mol. The van der Waals surface area contributed by atoms with Gasteiger partial charge in [0, 0.05) is 10.5 Å². The van der Waals surface area contributed by atoms with E-state index in [2.05, 4.69) is 21.2 Å². The molecular formula is C14H18BrF4NO. The van der Waals surface area contributed by atoms with Crippen LogP contribution in [0.2, 0.25) is 0 Å². The molecule has 0 saturated carbocycles. The van der Waals surface area contributed by atoms with Gasteiger partial charge in [0.05, 0.1) is 6.61 Å². The number of hydrogen-bond acceptors (Lipinski definition) is 2. The van der Waals surface area contributed by atoms with Crippen LogP contribution in [0.15, 0.2) is 22.7 Å². The van der Waals surface area contributed by atoms with E-state index >= 15 is 0 Å². The molecule has 0 saturated heterocycles. The molecule has 0 amide bonds. The van der Waals surface area contributed by atoms with Gasteiger partial charge in [0.15, 0.2) is 0 Å². The highest BCUT2D eigenvalue weighted by molar-refractivity contribution is 9.10. The molecule has 0 aliphatic carbocycles. The van der Waals surface area contributed by atoms with Crippen LogP contribution in [0.1, 0.15) is 18.9 Å². The van der Waals surface area contributed by atoms with Gasteiger partial charge in [0.2, 0.25) is 0 Å². The first-order valence-corrected chi connectivity index (χ1v) is 7.43. The van der Waals surface area contributed by atoms with Crippen molar-refractivity contribution in [2.75, 3.05) is 19.8 Å². The van der Waals surface area contributed by atoms with Crippen LogP contribution in [0.5, 0.6) is 0 Å². The molecule has 0 radical (unpaired) electrons. The van der Waals surface area contributed by atoms with Crippen molar-refractivity contribution in [1.82, 2.24) is 5.32 Å². The minimum absolute atomic E-state index is 0.0523. The quantitative estimate of drug-likeness (QED) is 0.695. The molecule has 1 unspecified atom stereocenters. The molecular weight excluding hydrogens is 354 g/mol. The lowest BCUT2D eigenvalue weighted by atomic mass is 10.1. The molecule has 21 heavy (non-hydrogen) atoms. The Morgan fingerprint density at radius 2 is 2.05 bits per heavy atom. The van der Waals surface area contributed by atoms with E-state index in [4.69, 9.17) is 4.74 Å². The summed E-state index contributed by atoms with van der Waals surface area (Å²) in [5, 5.41) is 3.14. The van der Waals surface area contributed by atoms with E-state index in [9.17, 15) is 17.6 Å². The second-order valence-corrected chi connectivity index (χ2v) is 5.58. The molecule has 0 bridgehead atoms. The van der Waals surface area contributed by atoms with Gasteiger partial charge in [0.25, 0.3) is 0 Å². The maximum Gasteiger partial charge on any atom is 0.411 e. The predicted molar refractivity (Wildman–Crippen MR) is 76.8 cm³/mol. The first kappa shape index (κ1) is 18.4. The van der Waals surface area contributed by atoms with Gasteiger partial charge >= 0.3 is 6.18 Å². The SMILES string of the molecule is CCCNC(COCC(F)(F)F)Cc1ccc(F)cc1Br. The Labute approximate surface area is 130 Å². The standard InChI is InChI=1S/C14H18BrF4NO/c1-2-5-20-12(8-21-9-14(17,18)19)6-10-3-4-11(16)7-13(10)15/h3-4,7,12,20H,2,5-6,8-9H2,1H3. The monoisotopic (exact) mass is 371 g/mol. The summed E-state index contributed by atoms with van der Waals surface area (Å²) in [7, 11) is 0. The number of benzene rings is 1. The third kappa shape index (κ3) is 7.78. The first-order chi connectivity index (χ1) is 9.81. The highest BCUT2D eigenvalue weighted by Gasteiger charge is 2.28. The molecule has 0 aliphatic rings. The summed E-state index contributed by atoms with van der Waals surface area (Å²) in [6.45, 7) is 1.33. The number of halogens is 5. The van der Waals surface area contributed by atoms with Gasteiger partial charge in [-0.05, 0) is 37.1 Å². The van der Waals surface area contributed by atoms with Crippen LogP contribution in [0.3, 0.4) is 0 Å². The van der Waals surface area contributed by atoms with Crippen LogP contribution in [-0.4, -0.2) is 32.0 Å². The van der Waals surface area contributed by atoms with Gasteiger partial charge in [-0.25, -0.2) is 4.39 Å². The van der Waals surface area contributed by atoms with Crippen molar-refractivity contribution in [3.05, 3.63) is 34.1 Å². The lowest BCUT2D eigenvalue weighted by molar-refractivity contribution is -0.175. The fraction of sp³-hybridized carbons (Fsp3) is 0.571. The van der Waals surface area contributed by atoms with E-state index in [-0.39, 0.29) is 18.5 Å². The van der Waals surface area contributed by atoms with E-state index in [1.54, 1.807) is 6.07 Å². The van der Waals surface area contributed by atoms with Crippen molar-refractivity contribution in [1.29, 1.82) is 0 Å². The summed E-state index contributed by atoms with van der Waals surface area (Å²) in [5.74, 6) is -0.364. The molecule has 120 valence electrons. The van der Waals surface area contributed by atoms with Gasteiger partial charge in [-0.1, -0.05) is 28.9 Å². The number of rotatable bonds is 8. The zero-order valence-corrected chi connectivity index (χ0v) is 13.2. The van der Waals surface area contributed by atoms with Crippen LogP contribution < -0.4 is 5.32 Å². The lowest BCUT2D eigenvalue weighted by Gasteiger charge is -2.20. The summed E-state index contributed by atoms with van der Waals surface area (Å²) in [4.78, 5) is 0. The molecule has 1 N–H and O–H groups in total. The van der Waals surface area contributed by atoms with Gasteiger partial charge < -0.3 is 10.1 Å². The number of nitrogens with one attached hydrogen (secondary N) is 1. The van der Waals surface area contributed by atoms with Gasteiger partial charge in [-0.2, -0.15) is 13.2 Å². The second kappa shape index (κ2) is 8.70. The molecule has 0 aromatic heterocycles. The Hall–Kier alpha value is -0.660. The van der Waals surface area contributed by atoms with Gasteiger partial charge in [-0.3, -0.25) is 0 Å². The minimum Gasteiger partial charge on any atom is -0.370 e. The average Bonchev–Trinajstić information content (AvgIpc) is 2.37. The van der Waals surface area contributed by atoms with Crippen molar-refractivity contribution < 1.29 is 22.3 Å². The zero-order chi connectivity index (χ0) is 15.9. The van der Waals surface area contributed by atoms with Crippen molar-refractivity contribution in [2.45, 2.75) is 32.0 Å². The largest absolute Gasteiger partial charge is 0.411 e. The highest BCUT2D eigenvalue weighted by atomic mass is 79.9. The molecule has 2 nitrogen and oxygen atoms in total. The zero-order valence-electron chi connectivity index (χ0n) is 11.6. The van der Waals surface area contributed by atoms with Crippen molar-refractivity contribution in [3.8, 4) is 0 Å². The van der Waals surface area contributed by atoms with E-state index in [1.807, 2.05) is 6.92 Å². The maximum atomic E-state index is 13.0. The van der Waals surface area contributed by atoms with Gasteiger partial charge in [0.1, 0.15) is 12.4 Å². The normalized spacial score (nSPS) is 13.4. The van der Waals surface area contributed by atoms with Crippen LogP contribution >= 0.6 is 15.9 Å². The fourth-order valence-corrected chi connectivity index (χ4v) is 2.32. The summed E-state index contributed by atoms with van der Waals surface area (Å²) in [5.41, 5.74) is 0.820. The van der Waals surface area contributed by atoms with Crippen molar-refractivity contribution in [2.24, 2.45) is 0 Å². The molecule has 7 heteroatoms. The van der Waals surface area contributed by atoms with Crippen molar-refractivity contribution in [3.63, 3.8) is 0 Å². The Bertz CT molecular complexity index is 439. The topological polar surface area (TPSA) is 21.3 Å². The van der Waals surface area contributed by atoms with Gasteiger partial charge in [-0.15, -0.1) is 0 Å². The fourth-order valence-electron chi connectivity index (χ4n) is 1.81. The maximum absolute atomic E-state index is 13.0. The molecule has 1 atom stereocenters. The van der Waals surface area contributed by atoms with E-state index < -0.39 is 12.8 Å². The molecule has 0 heterocycles. The summed E-state index contributed by atoms with van der Waals surface area (Å²) >= 11 is 3.26. The number of alkyl halides is 3. The third-order valence-electron chi connectivity index (χ3n) is 2.75. The Balaban J connectivity index is 2.60. The molecule has 0 fully saturated rings. The Morgan fingerprint density at radius 3 is 2.62 bits per heavy atom. The number of ether oxygens (including phenoxy) is 1.